The minimum Gasteiger partial charge on any atom is -1.00 e. The van der Waals surface area contributed by atoms with Crippen molar-refractivity contribution >= 4 is 19.6 Å². The van der Waals surface area contributed by atoms with Gasteiger partial charge in [-0.1, -0.05) is 147 Å². The number of aryl methyl sites for hydroxylation is 1. The van der Waals surface area contributed by atoms with Gasteiger partial charge in [0.2, 0.25) is 0 Å². The van der Waals surface area contributed by atoms with Crippen molar-refractivity contribution in [1.82, 2.24) is 0 Å². The zero-order chi connectivity index (χ0) is 38.0. The zero-order valence-corrected chi connectivity index (χ0v) is 39.2. The number of rotatable bonds is 1. The van der Waals surface area contributed by atoms with Crippen molar-refractivity contribution in [2.24, 2.45) is 27.6 Å². The minimum absolute atomic E-state index is 0. The van der Waals surface area contributed by atoms with Crippen LogP contribution in [-0.2, 0) is 36.1 Å². The van der Waals surface area contributed by atoms with Gasteiger partial charge in [0, 0.05) is 0 Å². The Bertz CT molecular complexity index is 2110. The van der Waals surface area contributed by atoms with Crippen LogP contribution in [0.15, 0.2) is 114 Å². The van der Waals surface area contributed by atoms with Crippen LogP contribution in [0, 0.1) is 40.4 Å². The van der Waals surface area contributed by atoms with E-state index in [1.807, 2.05) is 0 Å². The molecule has 8 rings (SSSR count). The Labute approximate surface area is 355 Å². The third kappa shape index (κ3) is 7.23. The molecule has 1 fully saturated rings. The van der Waals surface area contributed by atoms with Crippen LogP contribution in [0.1, 0.15) is 124 Å². The molecular formula is C51H62Cl2Zr-2. The number of halogens is 2. The fourth-order valence-corrected chi connectivity index (χ4v) is 10.4. The molecule has 0 aliphatic heterocycles. The van der Waals surface area contributed by atoms with Crippen LogP contribution < -0.4 is 24.8 Å². The van der Waals surface area contributed by atoms with Crippen LogP contribution in [0.2, 0.25) is 0 Å². The Morgan fingerprint density at radius 1 is 0.833 bits per heavy atom. The smallest absolute Gasteiger partial charge is 0.0635 e. The van der Waals surface area contributed by atoms with Crippen LogP contribution in [0.5, 0.6) is 0 Å². The molecule has 4 aromatic rings. The Morgan fingerprint density at radius 3 is 2.06 bits per heavy atom. The average Bonchev–Trinajstić information content (AvgIpc) is 3.72. The van der Waals surface area contributed by atoms with Crippen molar-refractivity contribution in [2.75, 3.05) is 0 Å². The first-order chi connectivity index (χ1) is 24.2. The summed E-state index contributed by atoms with van der Waals surface area (Å²) in [5.41, 5.74) is 14.8. The van der Waals surface area contributed by atoms with Crippen LogP contribution in [0.4, 0.5) is 0 Å². The van der Waals surface area contributed by atoms with Gasteiger partial charge >= 0.3 is 93.2 Å². The largest absolute Gasteiger partial charge is 1.00 e. The molecule has 0 aromatic heterocycles. The number of hydrogen-bond donors (Lipinski definition) is 0. The Hall–Kier alpha value is -2.31. The maximum Gasteiger partial charge on any atom is -0.0635 e. The molecule has 2 atom stereocenters. The molecule has 0 heterocycles. The van der Waals surface area contributed by atoms with E-state index in [4.69, 9.17) is 0 Å². The van der Waals surface area contributed by atoms with Gasteiger partial charge in [0.05, 0.1) is 0 Å². The SMILES string of the molecule is C[C-]1C2=C3Cc4ccccc4C3=C3C=CCCC3C2(C)C(C)(C)C(C)(C)C1(C)C.C[C](=[Zr+2])c1ccc2ccccc2c1.Cc1cc(C(C)(C)C)c[cH-]1.[Cl-].[Cl-]. The third-order valence-electron chi connectivity index (χ3n) is 14.8. The third-order valence-corrected chi connectivity index (χ3v) is 15.5. The topological polar surface area (TPSA) is 0 Å². The summed E-state index contributed by atoms with van der Waals surface area (Å²) in [5, 5.41) is 2.66. The molecule has 0 bridgehead atoms. The molecule has 0 amide bonds. The summed E-state index contributed by atoms with van der Waals surface area (Å²) in [6.07, 6.45) is 8.50. The van der Waals surface area contributed by atoms with E-state index in [0.717, 1.165) is 6.42 Å². The second-order valence-corrected chi connectivity index (χ2v) is 20.7. The molecule has 0 saturated heterocycles. The van der Waals surface area contributed by atoms with Crippen molar-refractivity contribution in [3.05, 3.63) is 148 Å². The van der Waals surface area contributed by atoms with Gasteiger partial charge < -0.3 is 24.8 Å². The van der Waals surface area contributed by atoms with Crippen molar-refractivity contribution in [1.29, 1.82) is 0 Å². The van der Waals surface area contributed by atoms with E-state index in [1.165, 1.54) is 78.9 Å². The molecule has 4 aliphatic rings. The van der Waals surface area contributed by atoms with Gasteiger partial charge in [-0.2, -0.15) is 34.4 Å². The molecular weight excluding hydrogens is 775 g/mol. The summed E-state index contributed by atoms with van der Waals surface area (Å²) in [6, 6.07) is 30.9. The van der Waals surface area contributed by atoms with Crippen LogP contribution >= 0.6 is 0 Å². The van der Waals surface area contributed by atoms with Gasteiger partial charge in [0.25, 0.3) is 0 Å². The predicted molar refractivity (Wildman–Crippen MR) is 224 cm³/mol. The van der Waals surface area contributed by atoms with Crippen LogP contribution in [-0.4, -0.2) is 3.21 Å². The van der Waals surface area contributed by atoms with Crippen molar-refractivity contribution < 1.29 is 49.0 Å². The maximum atomic E-state index is 2.62. The van der Waals surface area contributed by atoms with Crippen molar-refractivity contribution in [3.8, 4) is 0 Å². The molecule has 2 unspecified atom stereocenters. The van der Waals surface area contributed by atoms with Gasteiger partial charge in [-0.15, -0.1) is 6.92 Å². The quantitative estimate of drug-likeness (QED) is 0.171. The zero-order valence-electron chi connectivity index (χ0n) is 35.2. The molecule has 1 saturated carbocycles. The van der Waals surface area contributed by atoms with Crippen LogP contribution in [0.3, 0.4) is 0 Å². The molecule has 0 radical (unpaired) electrons. The molecule has 3 heteroatoms. The Morgan fingerprint density at radius 2 is 1.46 bits per heavy atom. The number of fused-ring (bicyclic) bond motifs is 7. The molecule has 4 aromatic carbocycles. The molecule has 286 valence electrons. The van der Waals surface area contributed by atoms with Crippen molar-refractivity contribution in [3.63, 3.8) is 0 Å². The number of allylic oxidation sites excluding steroid dienone is 6. The molecule has 0 spiro atoms. The summed E-state index contributed by atoms with van der Waals surface area (Å²) in [4.78, 5) is 0. The van der Waals surface area contributed by atoms with E-state index < -0.39 is 0 Å². The van der Waals surface area contributed by atoms with E-state index in [2.05, 4.69) is 187 Å². The van der Waals surface area contributed by atoms with E-state index in [9.17, 15) is 0 Å². The average molecular weight is 837 g/mol. The Kier molecular flexibility index (Phi) is 13.1. The van der Waals surface area contributed by atoms with Crippen LogP contribution in [0.25, 0.3) is 16.3 Å². The van der Waals surface area contributed by atoms with E-state index in [1.54, 1.807) is 28.2 Å². The molecule has 0 N–H and O–H groups in total. The Balaban J connectivity index is 0.000000215. The molecule has 4 aliphatic carbocycles. The summed E-state index contributed by atoms with van der Waals surface area (Å²) >= 11 is 1.50. The van der Waals surface area contributed by atoms with Crippen molar-refractivity contribution in [2.45, 2.75) is 115 Å². The fourth-order valence-electron chi connectivity index (χ4n) is 10.0. The van der Waals surface area contributed by atoms with E-state index >= 15 is 0 Å². The van der Waals surface area contributed by atoms with Gasteiger partial charge in [-0.05, 0) is 40.6 Å². The van der Waals surface area contributed by atoms with E-state index in [-0.39, 0.29) is 46.5 Å². The van der Waals surface area contributed by atoms with Gasteiger partial charge in [-0.3, -0.25) is 0 Å². The number of hydrogen-bond acceptors (Lipinski definition) is 0. The normalized spacial score (nSPS) is 22.6. The van der Waals surface area contributed by atoms with Gasteiger partial charge in [0.15, 0.2) is 0 Å². The summed E-state index contributed by atoms with van der Waals surface area (Å²) in [5.74, 6) is 2.24. The maximum absolute atomic E-state index is 2.62. The summed E-state index contributed by atoms with van der Waals surface area (Å²) < 4.78 is 1.46. The first kappa shape index (κ1) is 44.4. The van der Waals surface area contributed by atoms with Gasteiger partial charge in [0.1, 0.15) is 0 Å². The monoisotopic (exact) mass is 834 g/mol. The summed E-state index contributed by atoms with van der Waals surface area (Å²) in [6.45, 7) is 31.3. The number of benzene rings is 3. The standard InChI is InChI=1S/C29H37.C12H10.C10H15.2ClH.Zr/c1-18-25-22-17-19-13-9-10-14-20(19)24(22)21-15-11-12-16-23(21)29(25,8)28(6,7)27(4,5)26(18,2)3;1-2-10-7-8-11-5-3-4-6-12(11)9-10;1-8-5-6-9(7-8)10(2,3)4;;;/h9-11,13-15,23H,12,16-17H2,1-8H3;3-9H,1H3;5-7H,1-4H3;2*1H;/q-1;;-1;;;+2/p-2. The molecule has 54 heavy (non-hydrogen) atoms. The first-order valence-electron chi connectivity index (χ1n) is 19.6. The van der Waals surface area contributed by atoms with Gasteiger partial charge in [-0.25, -0.2) is 12.0 Å². The summed E-state index contributed by atoms with van der Waals surface area (Å²) in [7, 11) is 0. The second kappa shape index (κ2) is 15.9. The first-order valence-corrected chi connectivity index (χ1v) is 20.8. The van der Waals surface area contributed by atoms with E-state index in [0.29, 0.717) is 11.3 Å². The predicted octanol–water partition coefficient (Wildman–Crippen LogP) is 7.91. The fraction of sp³-hybridized carbons (Fsp3) is 0.431. The molecule has 0 nitrogen and oxygen atoms in total. The minimum atomic E-state index is 0. The second-order valence-electron chi connectivity index (χ2n) is 18.9.